The highest BCUT2D eigenvalue weighted by atomic mass is 35.5. The first kappa shape index (κ1) is 12.7. The van der Waals surface area contributed by atoms with Crippen LogP contribution in [0.3, 0.4) is 0 Å². The molecule has 0 fully saturated rings. The number of nitrogens with zero attached hydrogens (tertiary/aromatic N) is 1. The lowest BCUT2D eigenvalue weighted by Crippen LogP contribution is -2.15. The number of halogens is 4. The predicted octanol–water partition coefficient (Wildman–Crippen LogP) is 3.41. The second-order valence-corrected chi connectivity index (χ2v) is 3.41. The molecule has 0 bridgehead atoms. The summed E-state index contributed by atoms with van der Waals surface area (Å²) in [6.07, 6.45) is -4.54. The van der Waals surface area contributed by atoms with Crippen LogP contribution in [0.25, 0.3) is 0 Å². The summed E-state index contributed by atoms with van der Waals surface area (Å²) in [5, 5.41) is 6.58. The standard InChI is InChI=1S/C10H7ClF3NO/c1-16-8-3-2-6(4-7(8)5-15)9(11)10(12,13)14/h2-4,9H,1H3. The first-order chi connectivity index (χ1) is 7.40. The fraction of sp³-hybridized carbons (Fsp3) is 0.300. The van der Waals surface area contributed by atoms with Crippen molar-refractivity contribution in [3.63, 3.8) is 0 Å². The van der Waals surface area contributed by atoms with Crippen LogP contribution in [0, 0.1) is 11.3 Å². The van der Waals surface area contributed by atoms with E-state index in [1.54, 1.807) is 6.07 Å². The lowest BCUT2D eigenvalue weighted by atomic mass is 10.1. The zero-order valence-electron chi connectivity index (χ0n) is 8.18. The van der Waals surface area contributed by atoms with Gasteiger partial charge in [0.05, 0.1) is 12.7 Å². The molecule has 0 aliphatic heterocycles. The maximum absolute atomic E-state index is 12.3. The van der Waals surface area contributed by atoms with Gasteiger partial charge in [-0.2, -0.15) is 18.4 Å². The van der Waals surface area contributed by atoms with Crippen molar-refractivity contribution in [1.29, 1.82) is 5.26 Å². The molecule has 86 valence electrons. The largest absolute Gasteiger partial charge is 0.495 e. The molecule has 0 aliphatic rings. The van der Waals surface area contributed by atoms with Gasteiger partial charge in [0.1, 0.15) is 11.8 Å². The van der Waals surface area contributed by atoms with Crippen LogP contribution in [0.4, 0.5) is 13.2 Å². The van der Waals surface area contributed by atoms with E-state index in [1.165, 1.54) is 19.2 Å². The average Bonchev–Trinajstić information content (AvgIpc) is 2.25. The van der Waals surface area contributed by atoms with E-state index >= 15 is 0 Å². The van der Waals surface area contributed by atoms with E-state index in [-0.39, 0.29) is 16.9 Å². The summed E-state index contributed by atoms with van der Waals surface area (Å²) in [6, 6.07) is 5.29. The molecule has 0 radical (unpaired) electrons. The zero-order valence-corrected chi connectivity index (χ0v) is 8.93. The number of ether oxygens (including phenoxy) is 1. The Hall–Kier alpha value is -1.41. The number of rotatable bonds is 2. The molecule has 0 aliphatic carbocycles. The zero-order chi connectivity index (χ0) is 12.3. The third kappa shape index (κ3) is 2.58. The summed E-state index contributed by atoms with van der Waals surface area (Å²) in [7, 11) is 1.33. The van der Waals surface area contributed by atoms with Crippen LogP contribution in [-0.4, -0.2) is 13.3 Å². The molecule has 0 saturated heterocycles. The summed E-state index contributed by atoms with van der Waals surface area (Å²) in [6.45, 7) is 0. The van der Waals surface area contributed by atoms with Crippen molar-refractivity contribution in [2.45, 2.75) is 11.6 Å². The highest BCUT2D eigenvalue weighted by molar-refractivity contribution is 6.21. The van der Waals surface area contributed by atoms with Crippen LogP contribution >= 0.6 is 11.6 Å². The van der Waals surface area contributed by atoms with Crippen molar-refractivity contribution in [1.82, 2.24) is 0 Å². The van der Waals surface area contributed by atoms with Crippen molar-refractivity contribution in [2.75, 3.05) is 7.11 Å². The van der Waals surface area contributed by atoms with Crippen molar-refractivity contribution < 1.29 is 17.9 Å². The van der Waals surface area contributed by atoms with Crippen LogP contribution < -0.4 is 4.74 Å². The molecular weight excluding hydrogens is 243 g/mol. The van der Waals surface area contributed by atoms with Crippen LogP contribution in [0.5, 0.6) is 5.75 Å². The van der Waals surface area contributed by atoms with Gasteiger partial charge in [0.2, 0.25) is 0 Å². The molecule has 1 unspecified atom stereocenters. The molecular formula is C10H7ClF3NO. The van der Waals surface area contributed by atoms with E-state index in [2.05, 4.69) is 0 Å². The molecule has 1 atom stereocenters. The van der Waals surface area contributed by atoms with E-state index in [4.69, 9.17) is 21.6 Å². The van der Waals surface area contributed by atoms with Gasteiger partial charge in [0.15, 0.2) is 5.38 Å². The molecule has 0 saturated carbocycles. The number of methoxy groups -OCH3 is 1. The number of nitriles is 1. The minimum absolute atomic E-state index is 0.0231. The molecule has 1 aromatic carbocycles. The Morgan fingerprint density at radius 2 is 2.06 bits per heavy atom. The Morgan fingerprint density at radius 1 is 1.44 bits per heavy atom. The average molecular weight is 250 g/mol. The number of alkyl halides is 4. The molecule has 0 N–H and O–H groups in total. The van der Waals surface area contributed by atoms with Crippen molar-refractivity contribution in [3.8, 4) is 11.8 Å². The second-order valence-electron chi connectivity index (χ2n) is 2.98. The Bertz CT molecular complexity index is 425. The number of benzene rings is 1. The van der Waals surface area contributed by atoms with E-state index < -0.39 is 11.6 Å². The van der Waals surface area contributed by atoms with E-state index in [1.807, 2.05) is 0 Å². The summed E-state index contributed by atoms with van der Waals surface area (Å²) in [4.78, 5) is 0. The Morgan fingerprint density at radius 3 is 2.50 bits per heavy atom. The van der Waals surface area contributed by atoms with Gasteiger partial charge in [0.25, 0.3) is 0 Å². The van der Waals surface area contributed by atoms with Gasteiger partial charge in [-0.15, -0.1) is 11.6 Å². The van der Waals surface area contributed by atoms with Crippen LogP contribution in [0.1, 0.15) is 16.5 Å². The van der Waals surface area contributed by atoms with Gasteiger partial charge in [-0.3, -0.25) is 0 Å². The lowest BCUT2D eigenvalue weighted by Gasteiger charge is -2.14. The molecule has 0 heterocycles. The molecule has 0 spiro atoms. The molecule has 0 aromatic heterocycles. The molecule has 1 aromatic rings. The maximum Gasteiger partial charge on any atom is 0.408 e. The highest BCUT2D eigenvalue weighted by Crippen LogP contribution is 2.39. The summed E-state index contributed by atoms with van der Waals surface area (Å²) in [5.74, 6) is 0.220. The second kappa shape index (κ2) is 4.62. The van der Waals surface area contributed by atoms with Crippen molar-refractivity contribution in [3.05, 3.63) is 29.3 Å². The van der Waals surface area contributed by atoms with Crippen molar-refractivity contribution >= 4 is 11.6 Å². The fourth-order valence-corrected chi connectivity index (χ4v) is 1.30. The minimum Gasteiger partial charge on any atom is -0.495 e. The van der Waals surface area contributed by atoms with Crippen molar-refractivity contribution in [2.24, 2.45) is 0 Å². The molecule has 0 amide bonds. The van der Waals surface area contributed by atoms with E-state index in [9.17, 15) is 13.2 Å². The van der Waals surface area contributed by atoms with Gasteiger partial charge in [-0.1, -0.05) is 6.07 Å². The smallest absolute Gasteiger partial charge is 0.408 e. The summed E-state index contributed by atoms with van der Waals surface area (Å²) in [5.41, 5.74) is -0.151. The first-order valence-corrected chi connectivity index (χ1v) is 4.62. The van der Waals surface area contributed by atoms with Gasteiger partial charge in [0, 0.05) is 0 Å². The summed E-state index contributed by atoms with van der Waals surface area (Å²) >= 11 is 5.23. The summed E-state index contributed by atoms with van der Waals surface area (Å²) < 4.78 is 41.7. The SMILES string of the molecule is COc1ccc(C(Cl)C(F)(F)F)cc1C#N. The molecule has 1 rings (SSSR count). The fourth-order valence-electron chi connectivity index (χ4n) is 1.16. The number of hydrogen-bond acceptors (Lipinski definition) is 2. The normalized spacial score (nSPS) is 13.0. The molecule has 16 heavy (non-hydrogen) atoms. The van der Waals surface area contributed by atoms with Gasteiger partial charge in [-0.25, -0.2) is 0 Å². The third-order valence-corrected chi connectivity index (χ3v) is 2.42. The van der Waals surface area contributed by atoms with Crippen LogP contribution in [0.15, 0.2) is 18.2 Å². The highest BCUT2D eigenvalue weighted by Gasteiger charge is 2.39. The Kier molecular flexibility index (Phi) is 3.66. The van der Waals surface area contributed by atoms with E-state index in [0.29, 0.717) is 0 Å². The van der Waals surface area contributed by atoms with Crippen LogP contribution in [0.2, 0.25) is 0 Å². The number of hydrogen-bond donors (Lipinski definition) is 0. The monoisotopic (exact) mass is 249 g/mol. The maximum atomic E-state index is 12.3. The van der Waals surface area contributed by atoms with Gasteiger partial charge in [-0.05, 0) is 17.7 Å². The third-order valence-electron chi connectivity index (χ3n) is 1.92. The predicted molar refractivity (Wildman–Crippen MR) is 52.4 cm³/mol. The topological polar surface area (TPSA) is 33.0 Å². The molecule has 2 nitrogen and oxygen atoms in total. The quantitative estimate of drug-likeness (QED) is 0.753. The van der Waals surface area contributed by atoms with Gasteiger partial charge >= 0.3 is 6.18 Å². The van der Waals surface area contributed by atoms with E-state index in [0.717, 1.165) is 6.07 Å². The first-order valence-electron chi connectivity index (χ1n) is 4.19. The Labute approximate surface area is 95.2 Å². The molecule has 6 heteroatoms. The van der Waals surface area contributed by atoms with Crippen LogP contribution in [-0.2, 0) is 0 Å². The lowest BCUT2D eigenvalue weighted by molar-refractivity contribution is -0.131. The van der Waals surface area contributed by atoms with Gasteiger partial charge < -0.3 is 4.74 Å². The minimum atomic E-state index is -4.54. The Balaban J connectivity index is 3.15.